The molecule has 2 heterocycles. The lowest BCUT2D eigenvalue weighted by Crippen LogP contribution is -2.30. The van der Waals surface area contributed by atoms with E-state index in [1.807, 2.05) is 4.90 Å². The van der Waals surface area contributed by atoms with Crippen LogP contribution >= 0.6 is 22.9 Å². The largest absolute Gasteiger partial charge is 0.339 e. The number of anilines is 1. The van der Waals surface area contributed by atoms with E-state index in [1.165, 1.54) is 4.88 Å². The smallest absolute Gasteiger partial charge is 0.257 e. The maximum Gasteiger partial charge on any atom is 0.257 e. The van der Waals surface area contributed by atoms with E-state index in [1.54, 1.807) is 35.6 Å². The summed E-state index contributed by atoms with van der Waals surface area (Å²) >= 11 is 7.65. The zero-order valence-electron chi connectivity index (χ0n) is 17.9. The molecule has 1 atom stereocenters. The molecule has 0 bridgehead atoms. The molecule has 0 saturated carbocycles. The minimum Gasteiger partial charge on any atom is -0.339 e. The zero-order chi connectivity index (χ0) is 21.5. The van der Waals surface area contributed by atoms with Crippen LogP contribution in [0.25, 0.3) is 0 Å². The van der Waals surface area contributed by atoms with E-state index >= 15 is 0 Å². The summed E-state index contributed by atoms with van der Waals surface area (Å²) < 4.78 is 0. The van der Waals surface area contributed by atoms with Gasteiger partial charge < -0.3 is 10.2 Å². The molecule has 1 aromatic carbocycles. The Labute approximate surface area is 187 Å². The number of benzene rings is 1. The first-order valence-corrected chi connectivity index (χ1v) is 11.9. The third-order valence-electron chi connectivity index (χ3n) is 6.41. The Morgan fingerprint density at radius 2 is 1.93 bits per heavy atom. The third-order valence-corrected chi connectivity index (χ3v) is 7.82. The Bertz CT molecular complexity index is 970. The number of carbonyl (C=O) groups excluding carboxylic acids is 2. The van der Waals surface area contributed by atoms with Gasteiger partial charge in [0, 0.05) is 28.6 Å². The van der Waals surface area contributed by atoms with E-state index in [4.69, 9.17) is 11.6 Å². The van der Waals surface area contributed by atoms with Gasteiger partial charge in [0.05, 0.1) is 5.56 Å². The van der Waals surface area contributed by atoms with Crippen LogP contribution in [0.2, 0.25) is 5.02 Å². The van der Waals surface area contributed by atoms with Crippen LogP contribution in [-0.2, 0) is 12.8 Å². The first-order chi connectivity index (χ1) is 14.2. The van der Waals surface area contributed by atoms with E-state index in [0.717, 1.165) is 56.3 Å². The van der Waals surface area contributed by atoms with Gasteiger partial charge in [-0.3, -0.25) is 9.59 Å². The average Bonchev–Trinajstić information content (AvgIpc) is 3.34. The Kier molecular flexibility index (Phi) is 5.95. The summed E-state index contributed by atoms with van der Waals surface area (Å²) in [6.45, 7) is 8.46. The SMILES string of the molecule is CC(C)(C)C1CCc2c(sc(NC(=O)c3cccc(Cl)c3)c2C(=O)N2CCCC2)C1. The number of rotatable bonds is 3. The van der Waals surface area contributed by atoms with Crippen LogP contribution in [0.3, 0.4) is 0 Å². The minimum atomic E-state index is -0.223. The maximum atomic E-state index is 13.4. The summed E-state index contributed by atoms with van der Waals surface area (Å²) in [5.41, 5.74) is 2.60. The first-order valence-electron chi connectivity index (χ1n) is 10.7. The van der Waals surface area contributed by atoms with Crippen molar-refractivity contribution in [1.82, 2.24) is 4.90 Å². The van der Waals surface area contributed by atoms with Gasteiger partial charge in [-0.25, -0.2) is 0 Å². The standard InChI is InChI=1S/C24H29ClN2O2S/c1-24(2,3)16-9-10-18-19(14-16)30-22(20(18)23(29)27-11-4-5-12-27)26-21(28)15-7-6-8-17(25)13-15/h6-8,13,16H,4-5,9-12,14H2,1-3H3,(H,26,28). The lowest BCUT2D eigenvalue weighted by molar-refractivity contribution is 0.0792. The van der Waals surface area contributed by atoms with Crippen LogP contribution in [0, 0.1) is 11.3 Å². The number of nitrogens with one attached hydrogen (secondary N) is 1. The molecule has 2 aromatic rings. The Balaban J connectivity index is 1.69. The van der Waals surface area contributed by atoms with E-state index in [2.05, 4.69) is 26.1 Å². The molecule has 1 fully saturated rings. The predicted molar refractivity (Wildman–Crippen MR) is 124 cm³/mol. The number of hydrogen-bond acceptors (Lipinski definition) is 3. The van der Waals surface area contributed by atoms with E-state index in [0.29, 0.717) is 21.5 Å². The summed E-state index contributed by atoms with van der Waals surface area (Å²) in [5.74, 6) is 0.425. The van der Waals surface area contributed by atoms with Crippen LogP contribution in [-0.4, -0.2) is 29.8 Å². The van der Waals surface area contributed by atoms with Gasteiger partial charge in [0.2, 0.25) is 0 Å². The quantitative estimate of drug-likeness (QED) is 0.627. The molecule has 1 aliphatic carbocycles. The molecule has 160 valence electrons. The van der Waals surface area contributed by atoms with Crippen LogP contribution in [0.5, 0.6) is 0 Å². The van der Waals surface area contributed by atoms with Gasteiger partial charge in [-0.15, -0.1) is 11.3 Å². The highest BCUT2D eigenvalue weighted by Crippen LogP contribution is 2.45. The van der Waals surface area contributed by atoms with Crippen molar-refractivity contribution in [3.8, 4) is 0 Å². The highest BCUT2D eigenvalue weighted by Gasteiger charge is 2.35. The summed E-state index contributed by atoms with van der Waals surface area (Å²) in [6.07, 6.45) is 5.05. The summed E-state index contributed by atoms with van der Waals surface area (Å²) in [4.78, 5) is 29.5. The fourth-order valence-corrected chi connectivity index (χ4v) is 6.03. The number of thiophene rings is 1. The molecule has 6 heteroatoms. The molecule has 1 aliphatic heterocycles. The second-order valence-electron chi connectivity index (χ2n) is 9.48. The Hall–Kier alpha value is -1.85. The zero-order valence-corrected chi connectivity index (χ0v) is 19.5. The van der Waals surface area contributed by atoms with Crippen molar-refractivity contribution in [2.75, 3.05) is 18.4 Å². The molecule has 30 heavy (non-hydrogen) atoms. The predicted octanol–water partition coefficient (Wildman–Crippen LogP) is 6.04. The number of hydrogen-bond donors (Lipinski definition) is 1. The number of amides is 2. The second-order valence-corrected chi connectivity index (χ2v) is 11.0. The summed E-state index contributed by atoms with van der Waals surface area (Å²) in [6, 6.07) is 6.91. The average molecular weight is 445 g/mol. The number of halogens is 1. The van der Waals surface area contributed by atoms with E-state index in [-0.39, 0.29) is 17.2 Å². The van der Waals surface area contributed by atoms with Crippen LogP contribution < -0.4 is 5.32 Å². The van der Waals surface area contributed by atoms with Crippen molar-refractivity contribution in [1.29, 1.82) is 0 Å². The number of likely N-dealkylation sites (tertiary alicyclic amines) is 1. The topological polar surface area (TPSA) is 49.4 Å². The Morgan fingerprint density at radius 3 is 2.60 bits per heavy atom. The molecule has 2 amide bonds. The van der Waals surface area contributed by atoms with Gasteiger partial charge in [0.15, 0.2) is 0 Å². The molecule has 1 saturated heterocycles. The van der Waals surface area contributed by atoms with Gasteiger partial charge in [-0.05, 0) is 67.2 Å². The lowest BCUT2D eigenvalue weighted by Gasteiger charge is -2.34. The highest BCUT2D eigenvalue weighted by molar-refractivity contribution is 7.17. The van der Waals surface area contributed by atoms with Crippen LogP contribution in [0.1, 0.15) is 71.2 Å². The van der Waals surface area contributed by atoms with Crippen LogP contribution in [0.4, 0.5) is 5.00 Å². The van der Waals surface area contributed by atoms with Crippen molar-refractivity contribution >= 4 is 39.8 Å². The summed E-state index contributed by atoms with van der Waals surface area (Å²) in [7, 11) is 0. The highest BCUT2D eigenvalue weighted by atomic mass is 35.5. The minimum absolute atomic E-state index is 0.0700. The normalized spacial score (nSPS) is 18.9. The molecule has 0 radical (unpaired) electrons. The molecule has 1 aromatic heterocycles. The first kappa shape index (κ1) is 21.4. The van der Waals surface area contributed by atoms with Crippen molar-refractivity contribution in [3.63, 3.8) is 0 Å². The van der Waals surface area contributed by atoms with Gasteiger partial charge in [-0.2, -0.15) is 0 Å². The third kappa shape index (κ3) is 4.28. The van der Waals surface area contributed by atoms with E-state index < -0.39 is 0 Å². The van der Waals surface area contributed by atoms with Crippen LogP contribution in [0.15, 0.2) is 24.3 Å². The van der Waals surface area contributed by atoms with Crippen molar-refractivity contribution < 1.29 is 9.59 Å². The Morgan fingerprint density at radius 1 is 1.20 bits per heavy atom. The monoisotopic (exact) mass is 444 g/mol. The fourth-order valence-electron chi connectivity index (χ4n) is 4.52. The number of carbonyl (C=O) groups is 2. The second kappa shape index (κ2) is 8.35. The molecule has 0 spiro atoms. The van der Waals surface area contributed by atoms with Crippen molar-refractivity contribution in [2.24, 2.45) is 11.3 Å². The number of fused-ring (bicyclic) bond motifs is 1. The molecule has 2 aliphatic rings. The van der Waals surface area contributed by atoms with Gasteiger partial charge in [-0.1, -0.05) is 38.4 Å². The van der Waals surface area contributed by atoms with E-state index in [9.17, 15) is 9.59 Å². The maximum absolute atomic E-state index is 13.4. The molecular weight excluding hydrogens is 416 g/mol. The summed E-state index contributed by atoms with van der Waals surface area (Å²) in [5, 5.41) is 4.26. The number of nitrogens with zero attached hydrogens (tertiary/aromatic N) is 1. The van der Waals surface area contributed by atoms with Gasteiger partial charge >= 0.3 is 0 Å². The molecule has 4 rings (SSSR count). The molecular formula is C24H29ClN2O2S. The van der Waals surface area contributed by atoms with Gasteiger partial charge in [0.25, 0.3) is 11.8 Å². The molecule has 4 nitrogen and oxygen atoms in total. The lowest BCUT2D eigenvalue weighted by atomic mass is 9.72. The molecule has 1 unspecified atom stereocenters. The van der Waals surface area contributed by atoms with Crippen molar-refractivity contribution in [3.05, 3.63) is 50.9 Å². The van der Waals surface area contributed by atoms with Gasteiger partial charge in [0.1, 0.15) is 5.00 Å². The fraction of sp³-hybridized carbons (Fsp3) is 0.500. The van der Waals surface area contributed by atoms with Crippen molar-refractivity contribution in [2.45, 2.75) is 52.9 Å². The molecule has 1 N–H and O–H groups in total.